The van der Waals surface area contributed by atoms with Crippen molar-refractivity contribution in [1.82, 2.24) is 0 Å². The molecule has 0 aromatic heterocycles. The molecule has 1 aromatic rings. The van der Waals surface area contributed by atoms with E-state index in [1.165, 1.54) is 6.08 Å². The lowest BCUT2D eigenvalue weighted by Crippen LogP contribution is -2.13. The lowest BCUT2D eigenvalue weighted by atomic mass is 9.90. The van der Waals surface area contributed by atoms with Gasteiger partial charge < -0.3 is 0 Å². The van der Waals surface area contributed by atoms with Crippen LogP contribution in [0.5, 0.6) is 0 Å². The summed E-state index contributed by atoms with van der Waals surface area (Å²) in [7, 11) is 0. The van der Waals surface area contributed by atoms with Gasteiger partial charge in [-0.3, -0.25) is 4.79 Å². The molecule has 19 heavy (non-hydrogen) atoms. The standard InChI is InChI=1S/C14H10ClF3O/c15-13(19)12-4-2-1-3-11(12)9-5-7-10(8-6-9)14(16,17)18/h1-5,7H,6,8H2. The number of benzene rings is 1. The lowest BCUT2D eigenvalue weighted by molar-refractivity contribution is -0.0939. The molecular formula is C14H10ClF3O. The minimum absolute atomic E-state index is 0.0832. The van der Waals surface area contributed by atoms with Crippen LogP contribution in [0.2, 0.25) is 0 Å². The number of hydrogen-bond donors (Lipinski definition) is 0. The Labute approximate surface area is 113 Å². The summed E-state index contributed by atoms with van der Waals surface area (Å²) in [4.78, 5) is 11.3. The number of rotatable bonds is 2. The minimum atomic E-state index is -4.29. The van der Waals surface area contributed by atoms with Crippen molar-refractivity contribution < 1.29 is 18.0 Å². The zero-order valence-electron chi connectivity index (χ0n) is 9.80. The van der Waals surface area contributed by atoms with Crippen molar-refractivity contribution in [3.63, 3.8) is 0 Å². The first-order valence-corrected chi connectivity index (χ1v) is 6.03. The molecule has 1 aliphatic carbocycles. The number of carbonyl (C=O) groups is 1. The van der Waals surface area contributed by atoms with Gasteiger partial charge in [-0.1, -0.05) is 30.4 Å². The van der Waals surface area contributed by atoms with Crippen molar-refractivity contribution >= 4 is 22.4 Å². The Morgan fingerprint density at radius 1 is 1.11 bits per heavy atom. The molecule has 0 bridgehead atoms. The largest absolute Gasteiger partial charge is 0.412 e. The highest BCUT2D eigenvalue weighted by Gasteiger charge is 2.34. The van der Waals surface area contributed by atoms with Gasteiger partial charge in [-0.05, 0) is 41.6 Å². The SMILES string of the molecule is O=C(Cl)c1ccccc1C1=CC=C(C(F)(F)F)CC1. The third-order valence-electron chi connectivity index (χ3n) is 3.00. The van der Waals surface area contributed by atoms with Crippen molar-refractivity contribution in [2.75, 3.05) is 0 Å². The Morgan fingerprint density at radius 2 is 1.79 bits per heavy atom. The van der Waals surface area contributed by atoms with Crippen LogP contribution >= 0.6 is 11.6 Å². The van der Waals surface area contributed by atoms with E-state index < -0.39 is 17.0 Å². The predicted molar refractivity (Wildman–Crippen MR) is 68.0 cm³/mol. The summed E-state index contributed by atoms with van der Waals surface area (Å²) in [6.07, 6.45) is -1.66. The summed E-state index contributed by atoms with van der Waals surface area (Å²) in [5.74, 6) is 0. The summed E-state index contributed by atoms with van der Waals surface area (Å²) in [6.45, 7) is 0. The zero-order chi connectivity index (χ0) is 14.0. The van der Waals surface area contributed by atoms with Crippen molar-refractivity contribution in [2.24, 2.45) is 0 Å². The molecule has 0 radical (unpaired) electrons. The molecule has 0 amide bonds. The molecule has 5 heteroatoms. The highest BCUT2D eigenvalue weighted by atomic mass is 35.5. The normalized spacial score (nSPS) is 15.8. The quantitative estimate of drug-likeness (QED) is 0.718. The Balaban J connectivity index is 2.38. The van der Waals surface area contributed by atoms with Crippen molar-refractivity contribution in [2.45, 2.75) is 19.0 Å². The molecule has 100 valence electrons. The van der Waals surface area contributed by atoms with E-state index in [9.17, 15) is 18.0 Å². The van der Waals surface area contributed by atoms with Crippen LogP contribution in [0.25, 0.3) is 5.57 Å². The van der Waals surface area contributed by atoms with E-state index >= 15 is 0 Å². The van der Waals surface area contributed by atoms with E-state index in [1.807, 2.05) is 0 Å². The highest BCUT2D eigenvalue weighted by Crippen LogP contribution is 2.36. The van der Waals surface area contributed by atoms with Gasteiger partial charge in [0.2, 0.25) is 0 Å². The van der Waals surface area contributed by atoms with Crippen molar-refractivity contribution in [1.29, 1.82) is 0 Å². The average Bonchev–Trinajstić information content (AvgIpc) is 2.38. The van der Waals surface area contributed by atoms with Crippen molar-refractivity contribution in [3.05, 3.63) is 53.1 Å². The third-order valence-corrected chi connectivity index (χ3v) is 3.20. The van der Waals surface area contributed by atoms with Crippen LogP contribution in [0.4, 0.5) is 13.2 Å². The Morgan fingerprint density at radius 3 is 2.32 bits per heavy atom. The fourth-order valence-corrected chi connectivity index (χ4v) is 2.20. The molecule has 1 nitrogen and oxygen atoms in total. The van der Waals surface area contributed by atoms with Crippen LogP contribution in [0.15, 0.2) is 42.0 Å². The second kappa shape index (κ2) is 5.21. The van der Waals surface area contributed by atoms with Crippen LogP contribution in [-0.4, -0.2) is 11.4 Å². The van der Waals surface area contributed by atoms with E-state index in [0.717, 1.165) is 6.08 Å². The summed E-state index contributed by atoms with van der Waals surface area (Å²) in [5, 5.41) is -0.609. The summed E-state index contributed by atoms with van der Waals surface area (Å²) >= 11 is 5.47. The van der Waals surface area contributed by atoms with E-state index in [4.69, 9.17) is 11.6 Å². The Kier molecular flexibility index (Phi) is 3.80. The second-order valence-electron chi connectivity index (χ2n) is 4.20. The monoisotopic (exact) mass is 286 g/mol. The first kappa shape index (κ1) is 13.9. The molecule has 0 heterocycles. The molecule has 0 fully saturated rings. The minimum Gasteiger partial charge on any atom is -0.276 e. The molecule has 0 atom stereocenters. The molecule has 0 aliphatic heterocycles. The third kappa shape index (κ3) is 3.07. The smallest absolute Gasteiger partial charge is 0.276 e. The second-order valence-corrected chi connectivity index (χ2v) is 4.54. The van der Waals surface area contributed by atoms with Gasteiger partial charge in [0.05, 0.1) is 0 Å². The van der Waals surface area contributed by atoms with Gasteiger partial charge in [-0.15, -0.1) is 0 Å². The Bertz CT molecular complexity index is 570. The molecule has 0 saturated heterocycles. The van der Waals surface area contributed by atoms with Gasteiger partial charge in [0.15, 0.2) is 0 Å². The number of carbonyl (C=O) groups excluding carboxylic acids is 1. The molecule has 1 aromatic carbocycles. The lowest BCUT2D eigenvalue weighted by Gasteiger charge is -2.18. The van der Waals surface area contributed by atoms with Gasteiger partial charge in [0.1, 0.15) is 0 Å². The first-order chi connectivity index (χ1) is 8.89. The molecule has 2 rings (SSSR count). The molecule has 0 spiro atoms. The van der Waals surface area contributed by atoms with E-state index in [2.05, 4.69) is 0 Å². The van der Waals surface area contributed by atoms with Crippen LogP contribution < -0.4 is 0 Å². The maximum absolute atomic E-state index is 12.5. The topological polar surface area (TPSA) is 17.1 Å². The van der Waals surface area contributed by atoms with Gasteiger partial charge in [0.25, 0.3) is 5.24 Å². The number of hydrogen-bond acceptors (Lipinski definition) is 1. The fourth-order valence-electron chi connectivity index (χ4n) is 2.03. The molecule has 0 N–H and O–H groups in total. The van der Waals surface area contributed by atoms with E-state index in [0.29, 0.717) is 16.7 Å². The van der Waals surface area contributed by atoms with Crippen LogP contribution in [0, 0.1) is 0 Å². The highest BCUT2D eigenvalue weighted by molar-refractivity contribution is 6.68. The fraction of sp³-hybridized carbons (Fsp3) is 0.214. The van der Waals surface area contributed by atoms with E-state index in [1.54, 1.807) is 24.3 Å². The maximum Gasteiger partial charge on any atom is 0.412 e. The maximum atomic E-state index is 12.5. The van der Waals surface area contributed by atoms with Gasteiger partial charge in [-0.25, -0.2) is 0 Å². The average molecular weight is 287 g/mol. The summed E-state index contributed by atoms with van der Waals surface area (Å²) in [6, 6.07) is 6.64. The summed E-state index contributed by atoms with van der Waals surface area (Å²) < 4.78 is 37.5. The zero-order valence-corrected chi connectivity index (χ0v) is 10.6. The first-order valence-electron chi connectivity index (χ1n) is 5.66. The predicted octanol–water partition coefficient (Wildman–Crippen LogP) is 4.73. The van der Waals surface area contributed by atoms with Crippen molar-refractivity contribution in [3.8, 4) is 0 Å². The van der Waals surface area contributed by atoms with Gasteiger partial charge in [-0.2, -0.15) is 13.2 Å². The van der Waals surface area contributed by atoms with E-state index in [-0.39, 0.29) is 12.8 Å². The molecule has 1 aliphatic rings. The summed E-state index contributed by atoms with van der Waals surface area (Å²) in [5.41, 5.74) is 1.06. The van der Waals surface area contributed by atoms with Crippen LogP contribution in [0.3, 0.4) is 0 Å². The molecule has 0 saturated carbocycles. The number of halogens is 4. The number of alkyl halides is 3. The molecule has 0 unspecified atom stereocenters. The number of allylic oxidation sites excluding steroid dienone is 4. The van der Waals surface area contributed by atoms with Crippen LogP contribution in [0.1, 0.15) is 28.8 Å². The van der Waals surface area contributed by atoms with Gasteiger partial charge in [0, 0.05) is 11.1 Å². The Hall–Kier alpha value is -1.55. The van der Waals surface area contributed by atoms with Gasteiger partial charge >= 0.3 is 6.18 Å². The van der Waals surface area contributed by atoms with Crippen LogP contribution in [-0.2, 0) is 0 Å². The molecular weight excluding hydrogens is 277 g/mol.